The number of aromatic carboxylic acids is 1. The number of aromatic nitrogens is 2. The molecule has 2 heterocycles. The predicted molar refractivity (Wildman–Crippen MR) is 104 cm³/mol. The molecule has 0 saturated carbocycles. The van der Waals surface area contributed by atoms with Crippen LogP contribution in [-0.4, -0.2) is 26.2 Å². The number of fused-ring (bicyclic) bond motifs is 5. The van der Waals surface area contributed by atoms with E-state index in [1.54, 1.807) is 18.2 Å². The smallest absolute Gasteiger partial charge is 0.352 e. The molecule has 27 heavy (non-hydrogen) atoms. The third-order valence-electron chi connectivity index (χ3n) is 5.44. The van der Waals surface area contributed by atoms with Crippen LogP contribution in [0.2, 0.25) is 0 Å². The number of carboxylic acids is 1. The summed E-state index contributed by atoms with van der Waals surface area (Å²) in [6.45, 7) is 0. The molecule has 5 heteroatoms. The lowest BCUT2D eigenvalue weighted by atomic mass is 9.85. The second kappa shape index (κ2) is 5.84. The number of phenols is 1. The fraction of sp³-hybridized carbons (Fsp3) is 0.182. The van der Waals surface area contributed by atoms with Crippen LogP contribution in [0.1, 0.15) is 34.5 Å². The molecule has 0 unspecified atom stereocenters. The standard InChI is InChI=1S/C22H18N2O3/c25-13-7-5-12(6-8-13)21-15-4-2-1-3-14(15)20-16-11-19(22(26)27)23-17(16)9-10-18(20)24-21/h5-11,23,25H,1-4H2,(H,26,27). The zero-order valence-electron chi connectivity index (χ0n) is 14.6. The Kier molecular flexibility index (Phi) is 3.44. The van der Waals surface area contributed by atoms with Gasteiger partial charge in [0.15, 0.2) is 0 Å². The minimum absolute atomic E-state index is 0.199. The second-order valence-corrected chi connectivity index (χ2v) is 7.08. The highest BCUT2D eigenvalue weighted by Crippen LogP contribution is 2.38. The first-order chi connectivity index (χ1) is 13.1. The molecule has 2 aromatic carbocycles. The topological polar surface area (TPSA) is 86.2 Å². The van der Waals surface area contributed by atoms with Crippen LogP contribution in [0.25, 0.3) is 33.1 Å². The van der Waals surface area contributed by atoms with Crippen LogP contribution < -0.4 is 0 Å². The van der Waals surface area contributed by atoms with Gasteiger partial charge in [0.1, 0.15) is 11.4 Å². The normalized spacial score (nSPS) is 13.8. The van der Waals surface area contributed by atoms with Gasteiger partial charge in [-0.2, -0.15) is 0 Å². The molecule has 5 nitrogen and oxygen atoms in total. The quantitative estimate of drug-likeness (QED) is 0.486. The van der Waals surface area contributed by atoms with Gasteiger partial charge in [-0.05, 0) is 79.3 Å². The second-order valence-electron chi connectivity index (χ2n) is 7.08. The van der Waals surface area contributed by atoms with E-state index in [-0.39, 0.29) is 11.4 Å². The molecule has 0 spiro atoms. The van der Waals surface area contributed by atoms with Gasteiger partial charge in [0, 0.05) is 21.9 Å². The number of carbonyl (C=O) groups is 1. The number of carboxylic acid groups (broad SMARTS) is 1. The van der Waals surface area contributed by atoms with Crippen molar-refractivity contribution in [2.24, 2.45) is 0 Å². The first-order valence-electron chi connectivity index (χ1n) is 9.12. The SMILES string of the molecule is O=C(O)c1cc2c(ccc3nc(-c4ccc(O)cc4)c4c(c32)CCCC4)[nH]1. The number of aryl methyl sites for hydroxylation is 1. The fourth-order valence-corrected chi connectivity index (χ4v) is 4.21. The molecular formula is C22H18N2O3. The third kappa shape index (κ3) is 2.46. The van der Waals surface area contributed by atoms with Crippen LogP contribution in [0.3, 0.4) is 0 Å². The van der Waals surface area contributed by atoms with Gasteiger partial charge < -0.3 is 15.2 Å². The van der Waals surface area contributed by atoms with Crippen LogP contribution in [-0.2, 0) is 12.8 Å². The van der Waals surface area contributed by atoms with Gasteiger partial charge in [-0.25, -0.2) is 9.78 Å². The van der Waals surface area contributed by atoms with Crippen molar-refractivity contribution in [1.82, 2.24) is 9.97 Å². The number of nitrogens with zero attached hydrogens (tertiary/aromatic N) is 1. The minimum atomic E-state index is -0.957. The highest BCUT2D eigenvalue weighted by Gasteiger charge is 2.21. The number of pyridine rings is 1. The summed E-state index contributed by atoms with van der Waals surface area (Å²) in [5.74, 6) is -0.717. The number of hydrogen-bond acceptors (Lipinski definition) is 3. The molecule has 2 aromatic heterocycles. The van der Waals surface area contributed by atoms with Gasteiger partial charge in [0.05, 0.1) is 11.2 Å². The molecule has 5 rings (SSSR count). The number of rotatable bonds is 2. The Morgan fingerprint density at radius 1 is 1.00 bits per heavy atom. The Bertz CT molecular complexity index is 1210. The van der Waals surface area contributed by atoms with Crippen LogP contribution in [0, 0.1) is 0 Å². The average Bonchev–Trinajstić information content (AvgIpc) is 3.12. The molecule has 0 aliphatic heterocycles. The first-order valence-corrected chi connectivity index (χ1v) is 9.12. The van der Waals surface area contributed by atoms with Crippen molar-refractivity contribution in [2.45, 2.75) is 25.7 Å². The van der Waals surface area contributed by atoms with E-state index >= 15 is 0 Å². The molecule has 0 saturated heterocycles. The number of hydrogen-bond donors (Lipinski definition) is 3. The van der Waals surface area contributed by atoms with Crippen LogP contribution >= 0.6 is 0 Å². The lowest BCUT2D eigenvalue weighted by Crippen LogP contribution is -2.07. The van der Waals surface area contributed by atoms with E-state index in [0.29, 0.717) is 0 Å². The molecule has 0 bridgehead atoms. The van der Waals surface area contributed by atoms with Crippen molar-refractivity contribution in [3.63, 3.8) is 0 Å². The number of aromatic hydroxyl groups is 1. The Hall–Kier alpha value is -3.34. The van der Waals surface area contributed by atoms with Gasteiger partial charge >= 0.3 is 5.97 Å². The lowest BCUT2D eigenvalue weighted by Gasteiger charge is -2.22. The summed E-state index contributed by atoms with van der Waals surface area (Å²) in [7, 11) is 0. The number of aromatic amines is 1. The van der Waals surface area contributed by atoms with Gasteiger partial charge in [0.25, 0.3) is 0 Å². The summed E-state index contributed by atoms with van der Waals surface area (Å²) < 4.78 is 0. The Morgan fingerprint density at radius 2 is 1.74 bits per heavy atom. The third-order valence-corrected chi connectivity index (χ3v) is 5.44. The summed E-state index contributed by atoms with van der Waals surface area (Å²) in [5.41, 5.74) is 6.37. The molecule has 3 N–H and O–H groups in total. The van der Waals surface area contributed by atoms with E-state index < -0.39 is 5.97 Å². The molecule has 0 radical (unpaired) electrons. The van der Waals surface area contributed by atoms with Gasteiger partial charge in [0.2, 0.25) is 0 Å². The zero-order valence-corrected chi connectivity index (χ0v) is 14.6. The Morgan fingerprint density at radius 3 is 2.48 bits per heavy atom. The van der Waals surface area contributed by atoms with E-state index in [1.165, 1.54) is 11.1 Å². The number of phenolic OH excluding ortho intramolecular Hbond substituents is 1. The number of H-pyrrole nitrogens is 1. The monoisotopic (exact) mass is 358 g/mol. The van der Waals surface area contributed by atoms with Crippen molar-refractivity contribution >= 4 is 27.8 Å². The fourth-order valence-electron chi connectivity index (χ4n) is 4.21. The molecule has 1 aliphatic rings. The van der Waals surface area contributed by atoms with Crippen molar-refractivity contribution < 1.29 is 15.0 Å². The molecule has 0 atom stereocenters. The van der Waals surface area contributed by atoms with Gasteiger partial charge in [-0.1, -0.05) is 0 Å². The molecule has 0 fully saturated rings. The highest BCUT2D eigenvalue weighted by molar-refractivity contribution is 6.10. The van der Waals surface area contributed by atoms with Gasteiger partial charge in [-0.15, -0.1) is 0 Å². The van der Waals surface area contributed by atoms with Crippen molar-refractivity contribution in [2.75, 3.05) is 0 Å². The largest absolute Gasteiger partial charge is 0.508 e. The molecule has 0 amide bonds. The predicted octanol–water partition coefficient (Wildman–Crippen LogP) is 4.67. The maximum atomic E-state index is 11.4. The van der Waals surface area contributed by atoms with E-state index in [9.17, 15) is 15.0 Å². The van der Waals surface area contributed by atoms with E-state index in [2.05, 4.69) is 4.98 Å². The van der Waals surface area contributed by atoms with E-state index in [0.717, 1.165) is 58.7 Å². The molecule has 4 aromatic rings. The molecule has 1 aliphatic carbocycles. The van der Waals surface area contributed by atoms with Crippen LogP contribution in [0.5, 0.6) is 5.75 Å². The van der Waals surface area contributed by atoms with Crippen molar-refractivity contribution in [3.05, 3.63) is 59.3 Å². The summed E-state index contributed by atoms with van der Waals surface area (Å²) >= 11 is 0. The number of benzene rings is 2. The molecular weight excluding hydrogens is 340 g/mol. The lowest BCUT2D eigenvalue weighted by molar-refractivity contribution is 0.0691. The van der Waals surface area contributed by atoms with Crippen LogP contribution in [0.4, 0.5) is 0 Å². The number of nitrogens with one attached hydrogen (secondary N) is 1. The highest BCUT2D eigenvalue weighted by atomic mass is 16.4. The van der Waals surface area contributed by atoms with Crippen molar-refractivity contribution in [3.8, 4) is 17.0 Å². The summed E-state index contributed by atoms with van der Waals surface area (Å²) in [6.07, 6.45) is 4.16. The average molecular weight is 358 g/mol. The maximum Gasteiger partial charge on any atom is 0.352 e. The van der Waals surface area contributed by atoms with E-state index in [1.807, 2.05) is 24.3 Å². The summed E-state index contributed by atoms with van der Waals surface area (Å²) in [5, 5.41) is 20.9. The van der Waals surface area contributed by atoms with Gasteiger partial charge in [-0.3, -0.25) is 0 Å². The Labute approximate surface area is 155 Å². The van der Waals surface area contributed by atoms with Crippen molar-refractivity contribution in [1.29, 1.82) is 0 Å². The minimum Gasteiger partial charge on any atom is -0.508 e. The first kappa shape index (κ1) is 15.9. The maximum absolute atomic E-state index is 11.4. The Balaban J connectivity index is 1.85. The molecule has 134 valence electrons. The summed E-state index contributed by atoms with van der Waals surface area (Å²) in [4.78, 5) is 19.3. The zero-order chi connectivity index (χ0) is 18.5. The summed E-state index contributed by atoms with van der Waals surface area (Å²) in [6, 6.07) is 12.7. The van der Waals surface area contributed by atoms with E-state index in [4.69, 9.17) is 4.98 Å². The van der Waals surface area contributed by atoms with Crippen LogP contribution in [0.15, 0.2) is 42.5 Å².